The maximum absolute atomic E-state index is 15.1. The van der Waals surface area contributed by atoms with E-state index < -0.39 is 17.6 Å². The fourth-order valence-corrected chi connectivity index (χ4v) is 3.04. The van der Waals surface area contributed by atoms with Gasteiger partial charge in [0.2, 0.25) is 0 Å². The third kappa shape index (κ3) is 4.42. The summed E-state index contributed by atoms with van der Waals surface area (Å²) in [6.45, 7) is 1.88. The Kier molecular flexibility index (Phi) is 5.45. The zero-order valence-electron chi connectivity index (χ0n) is 16.3. The van der Waals surface area contributed by atoms with Gasteiger partial charge in [0.05, 0.1) is 23.1 Å². The number of hydrogen-bond donors (Lipinski definition) is 0. The quantitative estimate of drug-likeness (QED) is 0.442. The molecule has 0 unspecified atom stereocenters. The van der Waals surface area contributed by atoms with Crippen LogP contribution in [-0.2, 0) is 19.0 Å². The standard InChI is InChI=1S/C21H16F4N6/c1-13-2-3-14(10-26-13)4-9-17-19(22)20(28-12-27-17)31-18(11-29-30-31)15-5-7-16(8-6-15)21(23,24)25/h2-3,5-8,10-12H,4,9H2,1H3. The summed E-state index contributed by atoms with van der Waals surface area (Å²) in [5.74, 6) is -0.791. The van der Waals surface area contributed by atoms with Gasteiger partial charge in [0.1, 0.15) is 6.33 Å². The van der Waals surface area contributed by atoms with Gasteiger partial charge in [0.25, 0.3) is 0 Å². The van der Waals surface area contributed by atoms with Crippen LogP contribution in [0.4, 0.5) is 17.6 Å². The van der Waals surface area contributed by atoms with Crippen molar-refractivity contribution < 1.29 is 17.6 Å². The topological polar surface area (TPSA) is 69.4 Å². The lowest BCUT2D eigenvalue weighted by Gasteiger charge is -2.10. The Balaban J connectivity index is 1.62. The zero-order valence-corrected chi connectivity index (χ0v) is 16.3. The van der Waals surface area contributed by atoms with Crippen LogP contribution < -0.4 is 0 Å². The first-order valence-corrected chi connectivity index (χ1v) is 9.32. The molecule has 0 radical (unpaired) electrons. The summed E-state index contributed by atoms with van der Waals surface area (Å²) in [7, 11) is 0. The fourth-order valence-electron chi connectivity index (χ4n) is 3.04. The van der Waals surface area contributed by atoms with Crippen LogP contribution >= 0.6 is 0 Å². The smallest absolute Gasteiger partial charge is 0.261 e. The maximum atomic E-state index is 15.1. The van der Waals surface area contributed by atoms with Gasteiger partial charge < -0.3 is 0 Å². The number of pyridine rings is 1. The second-order valence-corrected chi connectivity index (χ2v) is 6.87. The molecule has 3 aromatic heterocycles. The molecule has 1 aromatic carbocycles. The van der Waals surface area contributed by atoms with Crippen molar-refractivity contribution in [1.29, 1.82) is 0 Å². The first kappa shape index (κ1) is 20.6. The van der Waals surface area contributed by atoms with E-state index in [1.54, 1.807) is 6.20 Å². The Bertz CT molecular complexity index is 1180. The average Bonchev–Trinajstić information content (AvgIpc) is 3.23. The van der Waals surface area contributed by atoms with E-state index >= 15 is 4.39 Å². The normalized spacial score (nSPS) is 11.6. The highest BCUT2D eigenvalue weighted by atomic mass is 19.4. The van der Waals surface area contributed by atoms with Crippen molar-refractivity contribution in [3.63, 3.8) is 0 Å². The Morgan fingerprint density at radius 3 is 2.35 bits per heavy atom. The largest absolute Gasteiger partial charge is 0.416 e. The van der Waals surface area contributed by atoms with Crippen LogP contribution in [0.15, 0.2) is 55.1 Å². The second-order valence-electron chi connectivity index (χ2n) is 6.87. The minimum absolute atomic E-state index is 0.126. The number of hydrogen-bond acceptors (Lipinski definition) is 5. The molecule has 31 heavy (non-hydrogen) atoms. The van der Waals surface area contributed by atoms with Crippen molar-refractivity contribution in [1.82, 2.24) is 29.9 Å². The molecular formula is C21H16F4N6. The molecular weight excluding hydrogens is 412 g/mol. The van der Waals surface area contributed by atoms with Crippen molar-refractivity contribution in [3.05, 3.63) is 83.5 Å². The molecule has 6 nitrogen and oxygen atoms in total. The highest BCUT2D eigenvalue weighted by Crippen LogP contribution is 2.31. The van der Waals surface area contributed by atoms with Crippen LogP contribution in [0, 0.1) is 12.7 Å². The van der Waals surface area contributed by atoms with Gasteiger partial charge in [-0.05, 0) is 43.5 Å². The third-order valence-corrected chi connectivity index (χ3v) is 4.72. The molecule has 0 aliphatic rings. The van der Waals surface area contributed by atoms with E-state index in [1.807, 2.05) is 19.1 Å². The molecule has 4 rings (SSSR count). The molecule has 158 valence electrons. The van der Waals surface area contributed by atoms with Crippen LogP contribution in [0.2, 0.25) is 0 Å². The molecule has 0 aliphatic heterocycles. The zero-order chi connectivity index (χ0) is 22.0. The summed E-state index contributed by atoms with van der Waals surface area (Å²) >= 11 is 0. The van der Waals surface area contributed by atoms with Gasteiger partial charge in [0.15, 0.2) is 11.6 Å². The van der Waals surface area contributed by atoms with Crippen molar-refractivity contribution in [2.45, 2.75) is 25.9 Å². The van der Waals surface area contributed by atoms with E-state index in [4.69, 9.17) is 0 Å². The van der Waals surface area contributed by atoms with Crippen LogP contribution in [-0.4, -0.2) is 29.9 Å². The van der Waals surface area contributed by atoms with E-state index in [1.165, 1.54) is 24.7 Å². The Labute approximate surface area is 174 Å². The molecule has 0 aliphatic carbocycles. The predicted molar refractivity (Wildman–Crippen MR) is 104 cm³/mol. The average molecular weight is 428 g/mol. The third-order valence-electron chi connectivity index (χ3n) is 4.72. The summed E-state index contributed by atoms with van der Waals surface area (Å²) in [5, 5.41) is 7.64. The molecule has 4 aromatic rings. The minimum Gasteiger partial charge on any atom is -0.261 e. The first-order valence-electron chi connectivity index (χ1n) is 9.32. The Hall–Kier alpha value is -3.69. The molecule has 0 atom stereocenters. The number of nitrogens with zero attached hydrogens (tertiary/aromatic N) is 6. The predicted octanol–water partition coefficient (Wildman–Crippen LogP) is 4.37. The van der Waals surface area contributed by atoms with Gasteiger partial charge in [0, 0.05) is 17.5 Å². The van der Waals surface area contributed by atoms with E-state index in [0.717, 1.165) is 28.1 Å². The first-order chi connectivity index (χ1) is 14.8. The fraction of sp³-hybridized carbons (Fsp3) is 0.190. The molecule has 0 amide bonds. The molecule has 0 spiro atoms. The number of aryl methyl sites for hydroxylation is 3. The minimum atomic E-state index is -4.45. The van der Waals surface area contributed by atoms with Crippen molar-refractivity contribution in [3.8, 4) is 17.1 Å². The summed E-state index contributed by atoms with van der Waals surface area (Å²) in [6, 6.07) is 8.25. The lowest BCUT2D eigenvalue weighted by Crippen LogP contribution is -2.10. The Morgan fingerprint density at radius 2 is 1.68 bits per heavy atom. The lowest BCUT2D eigenvalue weighted by molar-refractivity contribution is -0.137. The van der Waals surface area contributed by atoms with Gasteiger partial charge in [-0.3, -0.25) is 4.98 Å². The molecule has 0 fully saturated rings. The van der Waals surface area contributed by atoms with E-state index in [9.17, 15) is 13.2 Å². The summed E-state index contributed by atoms with van der Waals surface area (Å²) in [5.41, 5.74) is 1.94. The van der Waals surface area contributed by atoms with Crippen molar-refractivity contribution >= 4 is 0 Å². The van der Waals surface area contributed by atoms with Crippen LogP contribution in [0.25, 0.3) is 17.1 Å². The molecule has 0 saturated heterocycles. The number of rotatable bonds is 5. The molecule has 10 heteroatoms. The number of benzene rings is 1. The highest BCUT2D eigenvalue weighted by molar-refractivity contribution is 5.61. The van der Waals surface area contributed by atoms with Crippen LogP contribution in [0.5, 0.6) is 0 Å². The van der Waals surface area contributed by atoms with Crippen molar-refractivity contribution in [2.24, 2.45) is 0 Å². The van der Waals surface area contributed by atoms with E-state index in [2.05, 4.69) is 25.3 Å². The van der Waals surface area contributed by atoms with E-state index in [0.29, 0.717) is 24.1 Å². The van der Waals surface area contributed by atoms with Gasteiger partial charge >= 0.3 is 6.18 Å². The van der Waals surface area contributed by atoms with Crippen molar-refractivity contribution in [2.75, 3.05) is 0 Å². The summed E-state index contributed by atoms with van der Waals surface area (Å²) in [4.78, 5) is 12.2. The van der Waals surface area contributed by atoms with Crippen LogP contribution in [0.3, 0.4) is 0 Å². The second kappa shape index (κ2) is 8.21. The van der Waals surface area contributed by atoms with Gasteiger partial charge in [-0.15, -0.1) is 5.10 Å². The SMILES string of the molecule is Cc1ccc(CCc2ncnc(-n3nncc3-c3ccc(C(F)(F)F)cc3)c2F)cn1. The molecule has 0 bridgehead atoms. The van der Waals surface area contributed by atoms with Gasteiger partial charge in [-0.25, -0.2) is 14.4 Å². The summed E-state index contributed by atoms with van der Waals surface area (Å²) in [6.07, 6.45) is 0.689. The van der Waals surface area contributed by atoms with Crippen LogP contribution in [0.1, 0.15) is 22.5 Å². The lowest BCUT2D eigenvalue weighted by atomic mass is 10.1. The highest BCUT2D eigenvalue weighted by Gasteiger charge is 2.30. The van der Waals surface area contributed by atoms with E-state index in [-0.39, 0.29) is 11.5 Å². The molecule has 3 heterocycles. The molecule has 0 saturated carbocycles. The Morgan fingerprint density at radius 1 is 0.903 bits per heavy atom. The van der Waals surface area contributed by atoms with Gasteiger partial charge in [-0.2, -0.15) is 17.9 Å². The maximum Gasteiger partial charge on any atom is 0.416 e. The molecule has 0 N–H and O–H groups in total. The summed E-state index contributed by atoms with van der Waals surface area (Å²) < 4.78 is 54.7. The monoisotopic (exact) mass is 428 g/mol. The number of alkyl halides is 3. The number of aromatic nitrogens is 6. The van der Waals surface area contributed by atoms with Gasteiger partial charge in [-0.1, -0.05) is 23.4 Å². The number of halogens is 4.